The van der Waals surface area contributed by atoms with Gasteiger partial charge in [-0.25, -0.2) is 8.42 Å². The van der Waals surface area contributed by atoms with E-state index in [0.717, 1.165) is 43.0 Å². The van der Waals surface area contributed by atoms with Crippen LogP contribution in [0.15, 0.2) is 18.2 Å². The van der Waals surface area contributed by atoms with E-state index in [0.29, 0.717) is 6.54 Å². The molecule has 1 aromatic rings. The quantitative estimate of drug-likeness (QED) is 0.880. The molecule has 21 heavy (non-hydrogen) atoms. The van der Waals surface area contributed by atoms with Crippen molar-refractivity contribution in [1.29, 1.82) is 0 Å². The topological polar surface area (TPSA) is 52.7 Å². The van der Waals surface area contributed by atoms with E-state index >= 15 is 0 Å². The molecule has 1 aliphatic heterocycles. The molecule has 118 valence electrons. The monoisotopic (exact) mass is 311 g/mol. The molecule has 1 saturated heterocycles. The van der Waals surface area contributed by atoms with Crippen LogP contribution in [0, 0.1) is 13.8 Å². The van der Waals surface area contributed by atoms with Crippen LogP contribution in [0.5, 0.6) is 0 Å². The summed E-state index contributed by atoms with van der Waals surface area (Å²) in [5.41, 5.74) is 2.90. The lowest BCUT2D eigenvalue weighted by atomic mass is 10.1. The van der Waals surface area contributed by atoms with Crippen molar-refractivity contribution < 1.29 is 8.42 Å². The number of sulfonamides is 1. The van der Waals surface area contributed by atoms with E-state index in [1.807, 2.05) is 32.0 Å². The molecule has 6 heteroatoms. The molecule has 0 aromatic heterocycles. The van der Waals surface area contributed by atoms with Crippen LogP contribution in [0.1, 0.15) is 11.1 Å². The van der Waals surface area contributed by atoms with Gasteiger partial charge in [-0.1, -0.05) is 6.07 Å². The van der Waals surface area contributed by atoms with Crippen molar-refractivity contribution in [3.05, 3.63) is 29.3 Å². The molecule has 0 amide bonds. The maximum absolute atomic E-state index is 12.5. The summed E-state index contributed by atoms with van der Waals surface area (Å²) in [6.45, 7) is 8.28. The Labute approximate surface area is 128 Å². The van der Waals surface area contributed by atoms with Crippen molar-refractivity contribution in [3.63, 3.8) is 0 Å². The van der Waals surface area contributed by atoms with E-state index in [9.17, 15) is 8.42 Å². The Kier molecular flexibility index (Phi) is 5.24. The van der Waals surface area contributed by atoms with Gasteiger partial charge in [-0.3, -0.25) is 9.21 Å². The minimum atomic E-state index is -3.27. The lowest BCUT2D eigenvalue weighted by molar-refractivity contribution is 0.254. The van der Waals surface area contributed by atoms with Crippen LogP contribution in [0.4, 0.5) is 5.69 Å². The van der Waals surface area contributed by atoms with Gasteiger partial charge in [-0.15, -0.1) is 0 Å². The number of benzene rings is 1. The van der Waals surface area contributed by atoms with Gasteiger partial charge in [0.25, 0.3) is 0 Å². The predicted octanol–water partition coefficient (Wildman–Crippen LogP) is 0.975. The van der Waals surface area contributed by atoms with Gasteiger partial charge in [-0.2, -0.15) is 0 Å². The molecular weight excluding hydrogens is 286 g/mol. The average Bonchev–Trinajstić information content (AvgIpc) is 2.44. The fraction of sp³-hybridized carbons (Fsp3) is 0.600. The van der Waals surface area contributed by atoms with Gasteiger partial charge < -0.3 is 5.32 Å². The minimum absolute atomic E-state index is 0.163. The van der Waals surface area contributed by atoms with Crippen LogP contribution >= 0.6 is 0 Å². The first-order valence-electron chi connectivity index (χ1n) is 7.36. The summed E-state index contributed by atoms with van der Waals surface area (Å²) in [5, 5.41) is 3.27. The summed E-state index contributed by atoms with van der Waals surface area (Å²) in [6.07, 6.45) is 0. The third-order valence-corrected chi connectivity index (χ3v) is 5.61. The number of nitrogens with zero attached hydrogens (tertiary/aromatic N) is 2. The van der Waals surface area contributed by atoms with Crippen LogP contribution in [-0.2, 0) is 10.0 Å². The maximum atomic E-state index is 12.5. The number of anilines is 1. The second-order valence-electron chi connectivity index (χ2n) is 5.72. The highest BCUT2D eigenvalue weighted by Crippen LogP contribution is 2.20. The zero-order chi connectivity index (χ0) is 15.5. The first-order chi connectivity index (χ1) is 9.88. The molecule has 0 bridgehead atoms. The van der Waals surface area contributed by atoms with E-state index in [1.54, 1.807) is 7.05 Å². The van der Waals surface area contributed by atoms with E-state index in [-0.39, 0.29) is 5.75 Å². The normalized spacial score (nSPS) is 16.9. The maximum Gasteiger partial charge on any atom is 0.236 e. The van der Waals surface area contributed by atoms with E-state index in [1.165, 1.54) is 4.31 Å². The number of hydrogen-bond donors (Lipinski definition) is 1. The molecule has 2 rings (SSSR count). The number of piperazine rings is 1. The molecule has 1 fully saturated rings. The molecule has 0 saturated carbocycles. The van der Waals surface area contributed by atoms with Crippen molar-refractivity contribution in [1.82, 2.24) is 10.2 Å². The highest BCUT2D eigenvalue weighted by atomic mass is 32.2. The first kappa shape index (κ1) is 16.3. The Hall–Kier alpha value is -1.11. The van der Waals surface area contributed by atoms with Gasteiger partial charge in [0.1, 0.15) is 0 Å². The number of nitrogens with one attached hydrogen (secondary N) is 1. The summed E-state index contributed by atoms with van der Waals surface area (Å²) in [4.78, 5) is 2.20. The molecule has 1 aromatic carbocycles. The predicted molar refractivity (Wildman–Crippen MR) is 87.4 cm³/mol. The van der Waals surface area contributed by atoms with E-state index < -0.39 is 10.0 Å². The zero-order valence-corrected chi connectivity index (χ0v) is 13.9. The fourth-order valence-corrected chi connectivity index (χ4v) is 3.80. The number of hydrogen-bond acceptors (Lipinski definition) is 4. The Morgan fingerprint density at radius 3 is 2.29 bits per heavy atom. The minimum Gasteiger partial charge on any atom is -0.314 e. The van der Waals surface area contributed by atoms with Gasteiger partial charge in [-0.05, 0) is 37.1 Å². The van der Waals surface area contributed by atoms with Crippen LogP contribution in [0.3, 0.4) is 0 Å². The van der Waals surface area contributed by atoms with Crippen molar-refractivity contribution in [3.8, 4) is 0 Å². The summed E-state index contributed by atoms with van der Waals surface area (Å²) >= 11 is 0. The Bertz CT molecular complexity index is 560. The third-order valence-electron chi connectivity index (χ3n) is 3.86. The summed E-state index contributed by atoms with van der Waals surface area (Å²) in [5.74, 6) is 0.163. The lowest BCUT2D eigenvalue weighted by Gasteiger charge is -2.28. The molecule has 1 aliphatic rings. The van der Waals surface area contributed by atoms with Gasteiger partial charge in [0.15, 0.2) is 0 Å². The summed E-state index contributed by atoms with van der Waals surface area (Å²) < 4.78 is 26.4. The molecule has 0 atom stereocenters. The molecular formula is C15H25N3O2S. The first-order valence-corrected chi connectivity index (χ1v) is 8.97. The Balaban J connectivity index is 2.03. The summed E-state index contributed by atoms with van der Waals surface area (Å²) in [6, 6.07) is 5.87. The standard InChI is InChI=1S/C15H25N3O2S/c1-13-10-14(2)12-15(11-13)17(3)21(19,20)9-8-18-6-4-16-5-7-18/h10-12,16H,4-9H2,1-3H3. The van der Waals surface area contributed by atoms with Crippen LogP contribution < -0.4 is 9.62 Å². The fourth-order valence-electron chi connectivity index (χ4n) is 2.61. The van der Waals surface area contributed by atoms with Crippen molar-refractivity contribution in [2.75, 3.05) is 49.8 Å². The average molecular weight is 311 g/mol. The SMILES string of the molecule is Cc1cc(C)cc(N(C)S(=O)(=O)CCN2CCNCC2)c1. The summed E-state index contributed by atoms with van der Waals surface area (Å²) in [7, 11) is -1.63. The highest BCUT2D eigenvalue weighted by Gasteiger charge is 2.21. The molecule has 0 spiro atoms. The van der Waals surface area contributed by atoms with E-state index in [4.69, 9.17) is 0 Å². The number of aryl methyl sites for hydroxylation is 2. The lowest BCUT2D eigenvalue weighted by Crippen LogP contribution is -2.46. The zero-order valence-electron chi connectivity index (χ0n) is 13.1. The van der Waals surface area contributed by atoms with E-state index in [2.05, 4.69) is 10.2 Å². The Morgan fingerprint density at radius 2 is 1.71 bits per heavy atom. The molecule has 0 unspecified atom stereocenters. The Morgan fingerprint density at radius 1 is 1.14 bits per heavy atom. The smallest absolute Gasteiger partial charge is 0.236 e. The van der Waals surface area contributed by atoms with Crippen LogP contribution in [-0.4, -0.2) is 58.8 Å². The molecule has 1 N–H and O–H groups in total. The van der Waals surface area contributed by atoms with Crippen molar-refractivity contribution in [2.24, 2.45) is 0 Å². The van der Waals surface area contributed by atoms with Crippen LogP contribution in [0.25, 0.3) is 0 Å². The second-order valence-corrected chi connectivity index (χ2v) is 7.84. The van der Waals surface area contributed by atoms with Gasteiger partial charge in [0.2, 0.25) is 10.0 Å². The van der Waals surface area contributed by atoms with Crippen LogP contribution in [0.2, 0.25) is 0 Å². The molecule has 0 aliphatic carbocycles. The van der Waals surface area contributed by atoms with Gasteiger partial charge in [0, 0.05) is 39.8 Å². The molecule has 0 radical (unpaired) electrons. The van der Waals surface area contributed by atoms with Crippen molar-refractivity contribution in [2.45, 2.75) is 13.8 Å². The third kappa shape index (κ3) is 4.43. The molecule has 5 nitrogen and oxygen atoms in total. The largest absolute Gasteiger partial charge is 0.314 e. The second kappa shape index (κ2) is 6.77. The highest BCUT2D eigenvalue weighted by molar-refractivity contribution is 7.92. The molecule has 1 heterocycles. The number of rotatable bonds is 5. The van der Waals surface area contributed by atoms with Gasteiger partial charge in [0.05, 0.1) is 11.4 Å². The van der Waals surface area contributed by atoms with Crippen molar-refractivity contribution >= 4 is 15.7 Å². The van der Waals surface area contributed by atoms with Gasteiger partial charge >= 0.3 is 0 Å².